The van der Waals surface area contributed by atoms with E-state index in [4.69, 9.17) is 0 Å². The van der Waals surface area contributed by atoms with Crippen molar-refractivity contribution in [3.05, 3.63) is 11.4 Å². The molecule has 4 nitrogen and oxygen atoms in total. The summed E-state index contributed by atoms with van der Waals surface area (Å²) in [5.41, 5.74) is 0.979. The van der Waals surface area contributed by atoms with Crippen LogP contribution >= 0.6 is 0 Å². The number of hydrogen-bond acceptors (Lipinski definition) is 4. The SMILES string of the molecule is CN(C)c1nc(C(C)(C)C)c(O)c(C(C)(C)C)n1. The molecule has 0 fully saturated rings. The van der Waals surface area contributed by atoms with Crippen molar-refractivity contribution in [3.8, 4) is 5.75 Å². The lowest BCUT2D eigenvalue weighted by Crippen LogP contribution is -2.24. The fraction of sp³-hybridized carbons (Fsp3) is 0.714. The van der Waals surface area contributed by atoms with Crippen LogP contribution in [0.2, 0.25) is 0 Å². The van der Waals surface area contributed by atoms with Crippen molar-refractivity contribution in [1.82, 2.24) is 9.97 Å². The van der Waals surface area contributed by atoms with Gasteiger partial charge in [-0.15, -0.1) is 0 Å². The molecule has 0 unspecified atom stereocenters. The highest BCUT2D eigenvalue weighted by Crippen LogP contribution is 2.37. The first-order valence-electron chi connectivity index (χ1n) is 6.24. The van der Waals surface area contributed by atoms with Crippen molar-refractivity contribution < 1.29 is 5.11 Å². The van der Waals surface area contributed by atoms with Gasteiger partial charge in [0.05, 0.1) is 11.4 Å². The fourth-order valence-corrected chi connectivity index (χ4v) is 1.69. The molecule has 0 saturated heterocycles. The average molecular weight is 251 g/mol. The minimum Gasteiger partial charge on any atom is -0.504 e. The summed E-state index contributed by atoms with van der Waals surface area (Å²) in [6, 6.07) is 0. The molecule has 0 radical (unpaired) electrons. The van der Waals surface area contributed by atoms with E-state index in [0.717, 1.165) is 0 Å². The second kappa shape index (κ2) is 4.41. The Kier molecular flexibility index (Phi) is 3.61. The molecule has 102 valence electrons. The summed E-state index contributed by atoms with van der Waals surface area (Å²) in [4.78, 5) is 10.8. The lowest BCUT2D eigenvalue weighted by Gasteiger charge is -2.27. The van der Waals surface area contributed by atoms with Gasteiger partial charge in [0.1, 0.15) is 0 Å². The van der Waals surface area contributed by atoms with E-state index in [1.54, 1.807) is 0 Å². The van der Waals surface area contributed by atoms with Gasteiger partial charge in [-0.3, -0.25) is 0 Å². The predicted octanol–water partition coefficient (Wildman–Crippen LogP) is 2.84. The molecule has 0 saturated carbocycles. The normalized spacial score (nSPS) is 12.7. The van der Waals surface area contributed by atoms with Crippen LogP contribution in [0.5, 0.6) is 5.75 Å². The zero-order chi connectivity index (χ0) is 14.3. The summed E-state index contributed by atoms with van der Waals surface area (Å²) in [5, 5.41) is 10.4. The van der Waals surface area contributed by atoms with Crippen LogP contribution in [-0.4, -0.2) is 29.2 Å². The van der Waals surface area contributed by atoms with Crippen LogP contribution in [0.4, 0.5) is 5.95 Å². The minimum absolute atomic E-state index is 0.211. The lowest BCUT2D eigenvalue weighted by atomic mass is 9.85. The van der Waals surface area contributed by atoms with Gasteiger partial charge in [0.15, 0.2) is 5.75 Å². The Balaban J connectivity index is 3.59. The number of rotatable bonds is 1. The molecule has 0 amide bonds. The third-order valence-electron chi connectivity index (χ3n) is 2.69. The maximum absolute atomic E-state index is 10.4. The molecule has 0 bridgehead atoms. The number of hydrogen-bond donors (Lipinski definition) is 1. The van der Waals surface area contributed by atoms with Gasteiger partial charge in [0, 0.05) is 24.9 Å². The third-order valence-corrected chi connectivity index (χ3v) is 2.69. The van der Waals surface area contributed by atoms with Crippen LogP contribution in [0.25, 0.3) is 0 Å². The molecule has 1 N–H and O–H groups in total. The summed E-state index contributed by atoms with van der Waals surface area (Å²) >= 11 is 0. The largest absolute Gasteiger partial charge is 0.504 e. The molecular formula is C14H25N3O. The zero-order valence-electron chi connectivity index (χ0n) is 12.8. The first-order chi connectivity index (χ1) is 7.94. The van der Waals surface area contributed by atoms with Crippen molar-refractivity contribution in [2.75, 3.05) is 19.0 Å². The van der Waals surface area contributed by atoms with Crippen molar-refractivity contribution in [3.63, 3.8) is 0 Å². The maximum atomic E-state index is 10.4. The molecule has 0 aliphatic carbocycles. The molecule has 0 aliphatic heterocycles. The monoisotopic (exact) mass is 251 g/mol. The number of aromatic hydroxyl groups is 1. The smallest absolute Gasteiger partial charge is 0.225 e. The van der Waals surface area contributed by atoms with Crippen molar-refractivity contribution in [2.45, 2.75) is 52.4 Å². The molecule has 1 aromatic rings. The summed E-state index contributed by atoms with van der Waals surface area (Å²) < 4.78 is 0. The topological polar surface area (TPSA) is 49.2 Å². The average Bonchev–Trinajstić information content (AvgIpc) is 2.13. The van der Waals surface area contributed by atoms with Gasteiger partial charge < -0.3 is 10.0 Å². The van der Waals surface area contributed by atoms with Gasteiger partial charge in [0.25, 0.3) is 0 Å². The highest BCUT2D eigenvalue weighted by molar-refractivity contribution is 5.44. The highest BCUT2D eigenvalue weighted by Gasteiger charge is 2.29. The molecule has 0 aliphatic rings. The number of anilines is 1. The molecular weight excluding hydrogens is 226 g/mol. The third kappa shape index (κ3) is 2.92. The van der Waals surface area contributed by atoms with Crippen molar-refractivity contribution >= 4 is 5.95 Å². The van der Waals surface area contributed by atoms with Gasteiger partial charge in [0.2, 0.25) is 5.95 Å². The summed E-state index contributed by atoms with van der Waals surface area (Å²) in [7, 11) is 3.82. The van der Waals surface area contributed by atoms with Crippen LogP contribution < -0.4 is 4.90 Å². The Labute approximate surface area is 110 Å². The van der Waals surface area contributed by atoms with Gasteiger partial charge >= 0.3 is 0 Å². The van der Waals surface area contributed by atoms with E-state index in [0.29, 0.717) is 17.3 Å². The van der Waals surface area contributed by atoms with E-state index in [9.17, 15) is 5.11 Å². The Bertz CT molecular complexity index is 404. The van der Waals surface area contributed by atoms with Crippen LogP contribution in [0.15, 0.2) is 0 Å². The van der Waals surface area contributed by atoms with E-state index in [1.807, 2.05) is 60.5 Å². The Morgan fingerprint density at radius 1 is 0.833 bits per heavy atom. The Morgan fingerprint density at radius 3 is 1.39 bits per heavy atom. The Morgan fingerprint density at radius 2 is 1.17 bits per heavy atom. The fourth-order valence-electron chi connectivity index (χ4n) is 1.69. The van der Waals surface area contributed by atoms with Crippen LogP contribution in [0.1, 0.15) is 52.9 Å². The predicted molar refractivity (Wildman–Crippen MR) is 75.4 cm³/mol. The molecule has 1 heterocycles. The molecule has 0 atom stereocenters. The van der Waals surface area contributed by atoms with Gasteiger partial charge in [-0.05, 0) is 0 Å². The van der Waals surface area contributed by atoms with Crippen molar-refractivity contribution in [2.24, 2.45) is 0 Å². The molecule has 4 heteroatoms. The molecule has 0 aromatic carbocycles. The van der Waals surface area contributed by atoms with Gasteiger partial charge in [-0.25, -0.2) is 9.97 Å². The maximum Gasteiger partial charge on any atom is 0.225 e. The van der Waals surface area contributed by atoms with Crippen molar-refractivity contribution in [1.29, 1.82) is 0 Å². The molecule has 1 rings (SSSR count). The van der Waals surface area contributed by atoms with E-state index in [1.165, 1.54) is 0 Å². The standard InChI is InChI=1S/C14H25N3O/c1-13(2,3)10-9(18)11(14(4,5)6)16-12(15-10)17(7)8/h18H,1-8H3. The summed E-state index contributed by atoms with van der Waals surface area (Å²) in [5.74, 6) is 0.864. The molecule has 1 aromatic heterocycles. The lowest BCUT2D eigenvalue weighted by molar-refractivity contribution is 0.407. The van der Waals surface area contributed by atoms with E-state index in [2.05, 4.69) is 9.97 Å². The van der Waals surface area contributed by atoms with Crippen LogP contribution in [0, 0.1) is 0 Å². The highest BCUT2D eigenvalue weighted by atomic mass is 16.3. The van der Waals surface area contributed by atoms with E-state index in [-0.39, 0.29) is 16.6 Å². The van der Waals surface area contributed by atoms with Gasteiger partial charge in [-0.2, -0.15) is 0 Å². The second-order valence-corrected chi connectivity index (χ2v) is 6.96. The quantitative estimate of drug-likeness (QED) is 0.834. The Hall–Kier alpha value is -1.32. The second-order valence-electron chi connectivity index (χ2n) is 6.96. The minimum atomic E-state index is -0.211. The first kappa shape index (κ1) is 14.7. The van der Waals surface area contributed by atoms with Crippen LogP contribution in [-0.2, 0) is 10.8 Å². The first-order valence-corrected chi connectivity index (χ1v) is 6.24. The zero-order valence-corrected chi connectivity index (χ0v) is 12.8. The summed E-state index contributed by atoms with van der Waals surface area (Å²) in [6.07, 6.45) is 0. The van der Waals surface area contributed by atoms with Crippen LogP contribution in [0.3, 0.4) is 0 Å². The molecule has 18 heavy (non-hydrogen) atoms. The van der Waals surface area contributed by atoms with Gasteiger partial charge in [-0.1, -0.05) is 41.5 Å². The molecule has 0 spiro atoms. The number of nitrogens with zero attached hydrogens (tertiary/aromatic N) is 3. The number of aromatic nitrogens is 2. The summed E-state index contributed by atoms with van der Waals surface area (Å²) in [6.45, 7) is 12.3. The van der Waals surface area contributed by atoms with E-state index < -0.39 is 0 Å². The van der Waals surface area contributed by atoms with E-state index >= 15 is 0 Å².